The number of aromatic nitrogens is 3. The minimum absolute atomic E-state index is 0.118. The van der Waals surface area contributed by atoms with Crippen molar-refractivity contribution in [2.45, 2.75) is 20.3 Å². The van der Waals surface area contributed by atoms with Crippen LogP contribution in [0.4, 0.5) is 0 Å². The molecular formula is C11H14N4O2. The fraction of sp³-hybridized carbons (Fsp3) is 0.364. The fourth-order valence-corrected chi connectivity index (χ4v) is 1.62. The number of nitrogens with zero attached hydrogens (tertiary/aromatic N) is 3. The number of hydrogen-bond donors (Lipinski definition) is 1. The van der Waals surface area contributed by atoms with Gasteiger partial charge >= 0.3 is 0 Å². The van der Waals surface area contributed by atoms with Crippen molar-refractivity contribution in [1.82, 2.24) is 14.4 Å². The second-order valence-corrected chi connectivity index (χ2v) is 3.71. The van der Waals surface area contributed by atoms with Gasteiger partial charge in [0.1, 0.15) is 0 Å². The van der Waals surface area contributed by atoms with Crippen LogP contribution < -0.4 is 10.5 Å². The third kappa shape index (κ3) is 2.35. The SMILES string of the molecule is CCOc1cc(C)n2cc(CC(N)=O)nc2n1. The molecule has 0 bridgehead atoms. The number of primary amides is 1. The first-order valence-electron chi connectivity index (χ1n) is 5.37. The maximum Gasteiger partial charge on any atom is 0.237 e. The molecule has 2 aromatic rings. The van der Waals surface area contributed by atoms with Crippen molar-refractivity contribution in [1.29, 1.82) is 0 Å². The van der Waals surface area contributed by atoms with Crippen molar-refractivity contribution in [2.24, 2.45) is 5.73 Å². The lowest BCUT2D eigenvalue weighted by Gasteiger charge is -2.04. The average Bonchev–Trinajstić information content (AvgIpc) is 2.60. The Morgan fingerprint density at radius 3 is 2.94 bits per heavy atom. The number of amides is 1. The summed E-state index contributed by atoms with van der Waals surface area (Å²) in [7, 11) is 0. The van der Waals surface area contributed by atoms with E-state index in [9.17, 15) is 4.79 Å². The molecule has 0 aliphatic carbocycles. The normalized spacial score (nSPS) is 10.7. The van der Waals surface area contributed by atoms with Gasteiger partial charge in [-0.15, -0.1) is 0 Å². The van der Waals surface area contributed by atoms with Crippen LogP contribution in [0.2, 0.25) is 0 Å². The van der Waals surface area contributed by atoms with E-state index >= 15 is 0 Å². The van der Waals surface area contributed by atoms with Crippen LogP contribution in [0.1, 0.15) is 18.3 Å². The van der Waals surface area contributed by atoms with Gasteiger partial charge in [0.25, 0.3) is 0 Å². The number of hydrogen-bond acceptors (Lipinski definition) is 4. The Balaban J connectivity index is 2.45. The van der Waals surface area contributed by atoms with Crippen LogP contribution in [0.25, 0.3) is 5.78 Å². The predicted octanol–water partition coefficient (Wildman–Crippen LogP) is 0.464. The summed E-state index contributed by atoms with van der Waals surface area (Å²) >= 11 is 0. The van der Waals surface area contributed by atoms with E-state index in [-0.39, 0.29) is 6.42 Å². The summed E-state index contributed by atoms with van der Waals surface area (Å²) in [5, 5.41) is 0. The van der Waals surface area contributed by atoms with E-state index in [1.54, 1.807) is 10.6 Å². The molecule has 0 saturated heterocycles. The summed E-state index contributed by atoms with van der Waals surface area (Å²) in [5.41, 5.74) is 6.69. The summed E-state index contributed by atoms with van der Waals surface area (Å²) < 4.78 is 7.14. The number of imidazole rings is 1. The molecular weight excluding hydrogens is 220 g/mol. The predicted molar refractivity (Wildman–Crippen MR) is 61.8 cm³/mol. The van der Waals surface area contributed by atoms with Crippen molar-refractivity contribution in [3.05, 3.63) is 23.7 Å². The molecule has 0 fully saturated rings. The minimum atomic E-state index is -0.406. The molecule has 2 N–H and O–H groups in total. The average molecular weight is 234 g/mol. The van der Waals surface area contributed by atoms with Gasteiger partial charge in [-0.05, 0) is 13.8 Å². The Bertz CT molecular complexity index is 562. The van der Waals surface area contributed by atoms with Crippen molar-refractivity contribution < 1.29 is 9.53 Å². The van der Waals surface area contributed by atoms with E-state index in [0.717, 1.165) is 5.69 Å². The van der Waals surface area contributed by atoms with Gasteiger partial charge in [0.2, 0.25) is 17.6 Å². The van der Waals surface area contributed by atoms with E-state index in [0.29, 0.717) is 24.0 Å². The molecule has 0 aliphatic rings. The lowest BCUT2D eigenvalue weighted by Crippen LogP contribution is -2.13. The summed E-state index contributed by atoms with van der Waals surface area (Å²) in [5.74, 6) is 0.648. The standard InChI is InChI=1S/C11H14N4O2/c1-3-17-10-4-7(2)15-6-8(5-9(12)16)13-11(15)14-10/h4,6H,3,5H2,1-2H3,(H2,12,16). The first kappa shape index (κ1) is 11.4. The first-order chi connectivity index (χ1) is 8.10. The molecule has 0 atom stereocenters. The summed E-state index contributed by atoms with van der Waals surface area (Å²) in [4.78, 5) is 19.3. The smallest absolute Gasteiger partial charge is 0.237 e. The molecule has 0 spiro atoms. The second kappa shape index (κ2) is 4.40. The Hall–Kier alpha value is -2.11. The van der Waals surface area contributed by atoms with E-state index in [4.69, 9.17) is 10.5 Å². The zero-order valence-corrected chi connectivity index (χ0v) is 9.80. The highest BCUT2D eigenvalue weighted by Crippen LogP contribution is 2.14. The van der Waals surface area contributed by atoms with Crippen LogP contribution in [-0.2, 0) is 11.2 Å². The van der Waals surface area contributed by atoms with E-state index in [1.807, 2.05) is 19.9 Å². The van der Waals surface area contributed by atoms with Gasteiger partial charge in [0.05, 0.1) is 18.7 Å². The molecule has 1 amide bonds. The summed E-state index contributed by atoms with van der Waals surface area (Å²) in [6.07, 6.45) is 1.88. The van der Waals surface area contributed by atoms with Crippen LogP contribution in [-0.4, -0.2) is 26.9 Å². The van der Waals surface area contributed by atoms with Gasteiger partial charge in [0, 0.05) is 18.0 Å². The Morgan fingerprint density at radius 2 is 2.29 bits per heavy atom. The lowest BCUT2D eigenvalue weighted by atomic mass is 10.3. The quantitative estimate of drug-likeness (QED) is 0.833. The second-order valence-electron chi connectivity index (χ2n) is 3.71. The van der Waals surface area contributed by atoms with Gasteiger partial charge < -0.3 is 10.5 Å². The molecule has 2 heterocycles. The largest absolute Gasteiger partial charge is 0.478 e. The number of carbonyl (C=O) groups excluding carboxylic acids is 1. The highest BCUT2D eigenvalue weighted by Gasteiger charge is 2.09. The number of rotatable bonds is 4. The Morgan fingerprint density at radius 1 is 1.53 bits per heavy atom. The maximum atomic E-state index is 10.8. The molecule has 0 radical (unpaired) electrons. The number of fused-ring (bicyclic) bond motifs is 1. The van der Waals surface area contributed by atoms with E-state index in [1.165, 1.54) is 0 Å². The van der Waals surface area contributed by atoms with Gasteiger partial charge in [0.15, 0.2) is 0 Å². The van der Waals surface area contributed by atoms with Crippen molar-refractivity contribution in [3.63, 3.8) is 0 Å². The zero-order valence-electron chi connectivity index (χ0n) is 9.80. The van der Waals surface area contributed by atoms with E-state index < -0.39 is 5.91 Å². The molecule has 0 unspecified atom stereocenters. The van der Waals surface area contributed by atoms with Crippen molar-refractivity contribution in [3.8, 4) is 5.88 Å². The molecule has 2 aromatic heterocycles. The number of ether oxygens (including phenoxy) is 1. The van der Waals surface area contributed by atoms with Crippen molar-refractivity contribution in [2.75, 3.05) is 6.61 Å². The van der Waals surface area contributed by atoms with Crippen LogP contribution in [0.5, 0.6) is 5.88 Å². The van der Waals surface area contributed by atoms with Gasteiger partial charge in [-0.3, -0.25) is 9.20 Å². The first-order valence-corrected chi connectivity index (χ1v) is 5.37. The molecule has 90 valence electrons. The topological polar surface area (TPSA) is 82.5 Å². The van der Waals surface area contributed by atoms with Crippen LogP contribution in [0, 0.1) is 6.92 Å². The molecule has 0 aliphatic heterocycles. The van der Waals surface area contributed by atoms with Gasteiger partial charge in [-0.25, -0.2) is 4.98 Å². The Kier molecular flexibility index (Phi) is 2.95. The summed E-state index contributed by atoms with van der Waals surface area (Å²) in [6, 6.07) is 1.83. The maximum absolute atomic E-state index is 10.8. The molecule has 6 nitrogen and oxygen atoms in total. The third-order valence-corrected chi connectivity index (χ3v) is 2.31. The highest BCUT2D eigenvalue weighted by atomic mass is 16.5. The molecule has 0 saturated carbocycles. The molecule has 2 rings (SSSR count). The van der Waals surface area contributed by atoms with Crippen LogP contribution in [0.15, 0.2) is 12.3 Å². The van der Waals surface area contributed by atoms with Crippen LogP contribution >= 0.6 is 0 Å². The minimum Gasteiger partial charge on any atom is -0.478 e. The van der Waals surface area contributed by atoms with Crippen molar-refractivity contribution >= 4 is 11.7 Å². The highest BCUT2D eigenvalue weighted by molar-refractivity contribution is 5.76. The lowest BCUT2D eigenvalue weighted by molar-refractivity contribution is -0.117. The number of nitrogens with two attached hydrogens (primary N) is 1. The van der Waals surface area contributed by atoms with Gasteiger partial charge in [-0.2, -0.15) is 4.98 Å². The van der Waals surface area contributed by atoms with Gasteiger partial charge in [-0.1, -0.05) is 0 Å². The third-order valence-electron chi connectivity index (χ3n) is 2.31. The summed E-state index contributed by atoms with van der Waals surface area (Å²) in [6.45, 7) is 4.37. The number of carbonyl (C=O) groups is 1. The molecule has 6 heteroatoms. The number of aryl methyl sites for hydroxylation is 1. The van der Waals surface area contributed by atoms with Crippen LogP contribution in [0.3, 0.4) is 0 Å². The monoisotopic (exact) mass is 234 g/mol. The Labute approximate surface area is 98.4 Å². The zero-order chi connectivity index (χ0) is 12.4. The van der Waals surface area contributed by atoms with E-state index in [2.05, 4.69) is 9.97 Å². The fourth-order valence-electron chi connectivity index (χ4n) is 1.62. The molecule has 17 heavy (non-hydrogen) atoms. The molecule has 0 aromatic carbocycles.